The van der Waals surface area contributed by atoms with Crippen LogP contribution in [0.15, 0.2) is 30.3 Å². The molecule has 6 heteroatoms. The fraction of sp³-hybridized carbons (Fsp3) is 0.500. The summed E-state index contributed by atoms with van der Waals surface area (Å²) in [7, 11) is 0. The Morgan fingerprint density at radius 1 is 0.967 bits per heavy atom. The van der Waals surface area contributed by atoms with Gasteiger partial charge in [-0.25, -0.2) is 13.2 Å². The summed E-state index contributed by atoms with van der Waals surface area (Å²) in [6, 6.07) is 7.00. The highest BCUT2D eigenvalue weighted by atomic mass is 19.2. The first kappa shape index (κ1) is 22.6. The minimum atomic E-state index is -1.07. The number of ether oxygens (including phenoxy) is 3. The summed E-state index contributed by atoms with van der Waals surface area (Å²) in [5.74, 6) is -2.38. The second kappa shape index (κ2) is 10.8. The average molecular weight is 422 g/mol. The van der Waals surface area contributed by atoms with Gasteiger partial charge in [0.05, 0.1) is 25.4 Å². The minimum Gasteiger partial charge on any atom is -0.494 e. The van der Waals surface area contributed by atoms with Gasteiger partial charge < -0.3 is 14.2 Å². The van der Waals surface area contributed by atoms with Crippen molar-refractivity contribution in [3.63, 3.8) is 0 Å². The number of rotatable bonds is 9. The Kier molecular flexibility index (Phi) is 8.16. The standard InChI is InChI=1S/C24H29F3O3/c1-3-5-6-13-29-17-8-12-22(30-15-17)20-11-10-19(23(26)24(20)27)18-9-7-16(28-4-2)14-21(18)25/h7,9-11,14,17,22H,3-6,8,12-13,15H2,1-2H3. The lowest BCUT2D eigenvalue weighted by molar-refractivity contribution is -0.0882. The maximum atomic E-state index is 14.8. The molecule has 2 unspecified atom stereocenters. The minimum absolute atomic E-state index is 0.00786. The Bertz CT molecular complexity index is 833. The summed E-state index contributed by atoms with van der Waals surface area (Å²) in [6.07, 6.45) is 4.01. The maximum absolute atomic E-state index is 14.8. The van der Waals surface area contributed by atoms with Crippen LogP contribution < -0.4 is 4.74 Å². The number of benzene rings is 2. The van der Waals surface area contributed by atoms with Gasteiger partial charge in [0, 0.05) is 29.4 Å². The topological polar surface area (TPSA) is 27.7 Å². The van der Waals surface area contributed by atoms with E-state index in [0.717, 1.165) is 25.7 Å². The third kappa shape index (κ3) is 5.35. The highest BCUT2D eigenvalue weighted by Crippen LogP contribution is 2.36. The number of hydrogen-bond acceptors (Lipinski definition) is 3. The van der Waals surface area contributed by atoms with Gasteiger partial charge >= 0.3 is 0 Å². The van der Waals surface area contributed by atoms with E-state index in [4.69, 9.17) is 14.2 Å². The first-order valence-electron chi connectivity index (χ1n) is 10.7. The van der Waals surface area contributed by atoms with E-state index >= 15 is 0 Å². The van der Waals surface area contributed by atoms with Crippen LogP contribution in [0.3, 0.4) is 0 Å². The molecular formula is C24H29F3O3. The van der Waals surface area contributed by atoms with Crippen molar-refractivity contribution in [2.75, 3.05) is 19.8 Å². The van der Waals surface area contributed by atoms with Gasteiger partial charge in [-0.3, -0.25) is 0 Å². The van der Waals surface area contributed by atoms with Crippen molar-refractivity contribution < 1.29 is 27.4 Å². The molecule has 30 heavy (non-hydrogen) atoms. The molecule has 2 aromatic carbocycles. The van der Waals surface area contributed by atoms with Crippen LogP contribution in [-0.4, -0.2) is 25.9 Å². The van der Waals surface area contributed by atoms with Crippen molar-refractivity contribution in [1.29, 1.82) is 0 Å². The van der Waals surface area contributed by atoms with Gasteiger partial charge in [-0.15, -0.1) is 0 Å². The van der Waals surface area contributed by atoms with E-state index in [0.29, 0.717) is 32.0 Å². The molecule has 0 aliphatic carbocycles. The van der Waals surface area contributed by atoms with E-state index in [1.165, 1.54) is 30.3 Å². The second-order valence-corrected chi connectivity index (χ2v) is 7.50. The van der Waals surface area contributed by atoms with Crippen LogP contribution in [0.1, 0.15) is 57.6 Å². The highest BCUT2D eigenvalue weighted by Gasteiger charge is 2.28. The molecule has 2 aromatic rings. The zero-order chi connectivity index (χ0) is 21.5. The molecule has 0 radical (unpaired) electrons. The summed E-state index contributed by atoms with van der Waals surface area (Å²) in [6.45, 7) is 5.36. The molecule has 1 saturated heterocycles. The van der Waals surface area contributed by atoms with Crippen LogP contribution in [0.2, 0.25) is 0 Å². The van der Waals surface area contributed by atoms with E-state index in [1.807, 2.05) is 0 Å². The molecule has 1 aliphatic heterocycles. The van der Waals surface area contributed by atoms with E-state index in [-0.39, 0.29) is 22.8 Å². The van der Waals surface area contributed by atoms with E-state index < -0.39 is 23.6 Å². The van der Waals surface area contributed by atoms with Crippen LogP contribution in [0.25, 0.3) is 11.1 Å². The quantitative estimate of drug-likeness (QED) is 0.426. The summed E-state index contributed by atoms with van der Waals surface area (Å²) in [5.41, 5.74) is 0.0308. The molecule has 1 fully saturated rings. The molecule has 3 rings (SSSR count). The zero-order valence-electron chi connectivity index (χ0n) is 17.6. The average Bonchev–Trinajstić information content (AvgIpc) is 2.75. The van der Waals surface area contributed by atoms with E-state index in [1.54, 1.807) is 6.92 Å². The van der Waals surface area contributed by atoms with Gasteiger partial charge in [-0.2, -0.15) is 0 Å². The smallest absolute Gasteiger partial charge is 0.167 e. The Hall–Kier alpha value is -2.05. The second-order valence-electron chi connectivity index (χ2n) is 7.50. The molecule has 0 N–H and O–H groups in total. The summed E-state index contributed by atoms with van der Waals surface area (Å²) < 4.78 is 60.8. The van der Waals surface area contributed by atoms with Crippen LogP contribution in [0.4, 0.5) is 13.2 Å². The molecule has 0 bridgehead atoms. The van der Waals surface area contributed by atoms with E-state index in [2.05, 4.69) is 6.92 Å². The Morgan fingerprint density at radius 3 is 2.43 bits per heavy atom. The summed E-state index contributed by atoms with van der Waals surface area (Å²) in [4.78, 5) is 0. The highest BCUT2D eigenvalue weighted by molar-refractivity contribution is 5.66. The third-order valence-corrected chi connectivity index (χ3v) is 5.34. The van der Waals surface area contributed by atoms with Gasteiger partial charge in [0.1, 0.15) is 11.6 Å². The fourth-order valence-electron chi connectivity index (χ4n) is 3.70. The van der Waals surface area contributed by atoms with Gasteiger partial charge in [0.25, 0.3) is 0 Å². The SMILES string of the molecule is CCCCCOC1CCC(c2ccc(-c3ccc(OCC)cc3F)c(F)c2F)OC1. The Balaban J connectivity index is 1.69. The lowest BCUT2D eigenvalue weighted by Gasteiger charge is -2.29. The van der Waals surface area contributed by atoms with Crippen LogP contribution >= 0.6 is 0 Å². The molecule has 3 nitrogen and oxygen atoms in total. The molecule has 0 saturated carbocycles. The predicted octanol–water partition coefficient (Wildman–Crippen LogP) is 6.60. The first-order chi connectivity index (χ1) is 14.5. The molecule has 1 heterocycles. The zero-order valence-corrected chi connectivity index (χ0v) is 17.6. The number of hydrogen-bond donors (Lipinski definition) is 0. The van der Waals surface area contributed by atoms with Gasteiger partial charge in [0.15, 0.2) is 11.6 Å². The van der Waals surface area contributed by atoms with Gasteiger partial charge in [-0.05, 0) is 38.3 Å². The number of unbranched alkanes of at least 4 members (excludes halogenated alkanes) is 2. The normalized spacial score (nSPS) is 19.1. The van der Waals surface area contributed by atoms with Crippen molar-refractivity contribution in [3.05, 3.63) is 53.3 Å². The molecule has 2 atom stereocenters. The van der Waals surface area contributed by atoms with Crippen molar-refractivity contribution in [3.8, 4) is 16.9 Å². The van der Waals surface area contributed by atoms with Crippen molar-refractivity contribution in [2.45, 2.75) is 58.2 Å². The molecule has 1 aliphatic rings. The van der Waals surface area contributed by atoms with Crippen LogP contribution in [0.5, 0.6) is 5.75 Å². The Labute approximate surface area is 176 Å². The van der Waals surface area contributed by atoms with Crippen LogP contribution in [0, 0.1) is 17.5 Å². The predicted molar refractivity (Wildman–Crippen MR) is 110 cm³/mol. The third-order valence-electron chi connectivity index (χ3n) is 5.34. The molecule has 0 spiro atoms. The van der Waals surface area contributed by atoms with Gasteiger partial charge in [-0.1, -0.05) is 31.9 Å². The van der Waals surface area contributed by atoms with Crippen molar-refractivity contribution in [1.82, 2.24) is 0 Å². The maximum Gasteiger partial charge on any atom is 0.167 e. The van der Waals surface area contributed by atoms with Gasteiger partial charge in [0.2, 0.25) is 0 Å². The monoisotopic (exact) mass is 422 g/mol. The summed E-state index contributed by atoms with van der Waals surface area (Å²) in [5, 5.41) is 0. The molecule has 0 amide bonds. The van der Waals surface area contributed by atoms with Crippen molar-refractivity contribution >= 4 is 0 Å². The molecule has 164 valence electrons. The van der Waals surface area contributed by atoms with E-state index in [9.17, 15) is 13.2 Å². The molecular weight excluding hydrogens is 393 g/mol. The fourth-order valence-corrected chi connectivity index (χ4v) is 3.70. The molecule has 0 aromatic heterocycles. The lowest BCUT2D eigenvalue weighted by atomic mass is 9.96. The Morgan fingerprint density at radius 2 is 1.77 bits per heavy atom. The number of halogens is 3. The van der Waals surface area contributed by atoms with Crippen LogP contribution in [-0.2, 0) is 9.47 Å². The first-order valence-corrected chi connectivity index (χ1v) is 10.7. The van der Waals surface area contributed by atoms with Crippen molar-refractivity contribution in [2.24, 2.45) is 0 Å². The summed E-state index contributed by atoms with van der Waals surface area (Å²) >= 11 is 0. The largest absolute Gasteiger partial charge is 0.494 e. The lowest BCUT2D eigenvalue weighted by Crippen LogP contribution is -2.28.